The van der Waals surface area contributed by atoms with Gasteiger partial charge < -0.3 is 20.4 Å². The van der Waals surface area contributed by atoms with E-state index in [2.05, 4.69) is 0 Å². The fourth-order valence-corrected chi connectivity index (χ4v) is 4.03. The number of benzene rings is 2. The number of aromatic hydroxyl groups is 3. The Balaban J connectivity index is 2.02. The second-order valence-electron chi connectivity index (χ2n) is 7.02. The highest BCUT2D eigenvalue weighted by molar-refractivity contribution is 6.31. The molecule has 0 spiro atoms. The molecule has 0 aliphatic heterocycles. The third kappa shape index (κ3) is 2.02. The van der Waals surface area contributed by atoms with E-state index < -0.39 is 17.2 Å². The molecule has 1 unspecified atom stereocenters. The van der Waals surface area contributed by atoms with E-state index >= 15 is 0 Å². The zero-order valence-electron chi connectivity index (χ0n) is 14.2. The van der Waals surface area contributed by atoms with Gasteiger partial charge in [-0.1, -0.05) is 19.1 Å². The van der Waals surface area contributed by atoms with Crippen molar-refractivity contribution in [2.75, 3.05) is 0 Å². The number of carbonyl (C=O) groups is 2. The highest BCUT2D eigenvalue weighted by atomic mass is 16.3. The lowest BCUT2D eigenvalue weighted by atomic mass is 9.73. The minimum Gasteiger partial charge on any atom is -0.507 e. The minimum absolute atomic E-state index is 0.0151. The molecule has 0 fully saturated rings. The molecular formula is C20H18O6. The third-order valence-electron chi connectivity index (χ3n) is 5.63. The van der Waals surface area contributed by atoms with Gasteiger partial charge in [0.2, 0.25) is 5.78 Å². The van der Waals surface area contributed by atoms with Gasteiger partial charge in [-0.2, -0.15) is 0 Å². The number of phenolic OH excluding ortho intramolecular Hbond substituents is 3. The minimum atomic E-state index is -1.02. The second kappa shape index (κ2) is 5.32. The lowest BCUT2D eigenvalue weighted by Gasteiger charge is -2.35. The molecule has 2 aliphatic rings. The van der Waals surface area contributed by atoms with Crippen molar-refractivity contribution in [3.63, 3.8) is 0 Å². The van der Waals surface area contributed by atoms with Crippen molar-refractivity contribution in [3.05, 3.63) is 51.6 Å². The van der Waals surface area contributed by atoms with Crippen LogP contribution in [-0.2, 0) is 12.8 Å². The first kappa shape index (κ1) is 16.6. The maximum absolute atomic E-state index is 12.9. The fraction of sp³-hybridized carbons (Fsp3) is 0.300. The number of phenols is 3. The summed E-state index contributed by atoms with van der Waals surface area (Å²) in [7, 11) is 0. The molecule has 2 aromatic carbocycles. The molecule has 0 saturated heterocycles. The van der Waals surface area contributed by atoms with Crippen LogP contribution in [0.1, 0.15) is 62.7 Å². The summed E-state index contributed by atoms with van der Waals surface area (Å²) in [5.74, 6) is -2.39. The number of rotatable bonds is 1. The van der Waals surface area contributed by atoms with E-state index in [9.17, 15) is 30.0 Å². The van der Waals surface area contributed by atoms with Crippen LogP contribution in [0.3, 0.4) is 0 Å². The molecule has 0 aromatic heterocycles. The Bertz CT molecular complexity index is 991. The quantitative estimate of drug-likeness (QED) is 0.498. The first-order chi connectivity index (χ1) is 12.3. The molecule has 0 heterocycles. The lowest BCUT2D eigenvalue weighted by molar-refractivity contribution is 0.0216. The molecule has 0 saturated carbocycles. The zero-order chi connectivity index (χ0) is 18.8. The van der Waals surface area contributed by atoms with Crippen molar-refractivity contribution >= 4 is 11.6 Å². The van der Waals surface area contributed by atoms with Crippen LogP contribution in [0.4, 0.5) is 0 Å². The number of ketones is 2. The van der Waals surface area contributed by atoms with Crippen LogP contribution in [0.15, 0.2) is 18.2 Å². The van der Waals surface area contributed by atoms with Gasteiger partial charge in [0.15, 0.2) is 5.78 Å². The largest absolute Gasteiger partial charge is 0.507 e. The maximum Gasteiger partial charge on any atom is 0.202 e. The van der Waals surface area contributed by atoms with Crippen LogP contribution in [0.2, 0.25) is 0 Å². The molecule has 4 N–H and O–H groups in total. The van der Waals surface area contributed by atoms with Crippen LogP contribution in [0.5, 0.6) is 17.2 Å². The summed E-state index contributed by atoms with van der Waals surface area (Å²) in [6, 6.07) is 4.14. The van der Waals surface area contributed by atoms with Gasteiger partial charge in [0.05, 0.1) is 22.3 Å². The molecule has 0 amide bonds. The number of hydrogen-bond donors (Lipinski definition) is 4. The van der Waals surface area contributed by atoms with Crippen molar-refractivity contribution in [2.24, 2.45) is 0 Å². The van der Waals surface area contributed by atoms with Gasteiger partial charge in [-0.3, -0.25) is 9.59 Å². The molecule has 6 heteroatoms. The van der Waals surface area contributed by atoms with Crippen LogP contribution >= 0.6 is 0 Å². The monoisotopic (exact) mass is 354 g/mol. The van der Waals surface area contributed by atoms with E-state index in [4.69, 9.17) is 0 Å². The van der Waals surface area contributed by atoms with Crippen molar-refractivity contribution in [1.82, 2.24) is 0 Å². The Morgan fingerprint density at radius 2 is 1.62 bits per heavy atom. The summed E-state index contributed by atoms with van der Waals surface area (Å²) >= 11 is 0. The zero-order valence-corrected chi connectivity index (χ0v) is 14.2. The van der Waals surface area contributed by atoms with E-state index in [1.54, 1.807) is 0 Å². The predicted molar refractivity (Wildman–Crippen MR) is 92.0 cm³/mol. The number of aliphatic hydroxyl groups is 1. The van der Waals surface area contributed by atoms with Gasteiger partial charge in [-0.15, -0.1) is 0 Å². The maximum atomic E-state index is 12.9. The third-order valence-corrected chi connectivity index (χ3v) is 5.63. The number of fused-ring (bicyclic) bond motifs is 3. The Labute approximate surface area is 149 Å². The van der Waals surface area contributed by atoms with E-state index in [1.807, 2.05) is 6.92 Å². The van der Waals surface area contributed by atoms with Gasteiger partial charge in [0.25, 0.3) is 0 Å². The van der Waals surface area contributed by atoms with Crippen molar-refractivity contribution in [2.45, 2.75) is 38.2 Å². The predicted octanol–water partition coefficient (Wildman–Crippen LogP) is 2.21. The molecule has 134 valence electrons. The molecule has 0 radical (unpaired) electrons. The topological polar surface area (TPSA) is 115 Å². The average molecular weight is 354 g/mol. The molecule has 26 heavy (non-hydrogen) atoms. The average Bonchev–Trinajstić information content (AvgIpc) is 2.62. The van der Waals surface area contributed by atoms with E-state index in [0.29, 0.717) is 24.0 Å². The normalized spacial score (nSPS) is 21.2. The molecule has 4 rings (SSSR count). The summed E-state index contributed by atoms with van der Waals surface area (Å²) in [6.45, 7) is 1.83. The summed E-state index contributed by atoms with van der Waals surface area (Å²) in [5.41, 5.74) is -1.06. The SMILES string of the molecule is CCC1(O)CCc2c(O)c3c(c(O)c2C1)C(=O)c1cccc(O)c1C3=O. The van der Waals surface area contributed by atoms with E-state index in [-0.39, 0.29) is 52.3 Å². The summed E-state index contributed by atoms with van der Waals surface area (Å²) in [6.07, 6.45) is 1.22. The number of hydrogen-bond acceptors (Lipinski definition) is 6. The first-order valence-electron chi connectivity index (χ1n) is 8.52. The first-order valence-corrected chi connectivity index (χ1v) is 8.52. The van der Waals surface area contributed by atoms with Crippen molar-refractivity contribution in [1.29, 1.82) is 0 Å². The van der Waals surface area contributed by atoms with Crippen molar-refractivity contribution in [3.8, 4) is 17.2 Å². The smallest absolute Gasteiger partial charge is 0.202 e. The standard InChI is InChI=1S/C20H18O6/c1-2-20(26)7-6-9-11(8-20)18(24)14-15(16(9)22)19(25)13-10(17(14)23)4-3-5-12(13)21/h3-5,21-22,24,26H,2,6-8H2,1H3. The molecule has 6 nitrogen and oxygen atoms in total. The van der Waals surface area contributed by atoms with Gasteiger partial charge in [-0.05, 0) is 25.3 Å². The highest BCUT2D eigenvalue weighted by Gasteiger charge is 2.42. The van der Waals surface area contributed by atoms with Crippen LogP contribution in [0.25, 0.3) is 0 Å². The molecular weight excluding hydrogens is 336 g/mol. The lowest BCUT2D eigenvalue weighted by Crippen LogP contribution is -2.36. The van der Waals surface area contributed by atoms with Gasteiger partial charge in [0.1, 0.15) is 17.2 Å². The molecule has 0 bridgehead atoms. The van der Waals surface area contributed by atoms with E-state index in [0.717, 1.165) is 0 Å². The molecule has 2 aliphatic carbocycles. The Morgan fingerprint density at radius 1 is 0.962 bits per heavy atom. The Morgan fingerprint density at radius 3 is 2.31 bits per heavy atom. The van der Waals surface area contributed by atoms with Gasteiger partial charge in [-0.25, -0.2) is 0 Å². The molecule has 2 aromatic rings. The van der Waals surface area contributed by atoms with E-state index in [1.165, 1.54) is 18.2 Å². The highest BCUT2D eigenvalue weighted by Crippen LogP contribution is 2.48. The Kier molecular flexibility index (Phi) is 3.39. The Hall–Kier alpha value is -2.86. The van der Waals surface area contributed by atoms with Crippen LogP contribution in [-0.4, -0.2) is 37.6 Å². The summed E-state index contributed by atoms with van der Waals surface area (Å²) in [5, 5.41) is 42.1. The van der Waals surface area contributed by atoms with Crippen LogP contribution in [0, 0.1) is 0 Å². The van der Waals surface area contributed by atoms with Crippen LogP contribution < -0.4 is 0 Å². The fourth-order valence-electron chi connectivity index (χ4n) is 4.03. The van der Waals surface area contributed by atoms with Crippen molar-refractivity contribution < 1.29 is 30.0 Å². The second-order valence-corrected chi connectivity index (χ2v) is 7.02. The van der Waals surface area contributed by atoms with Gasteiger partial charge >= 0.3 is 0 Å². The summed E-state index contributed by atoms with van der Waals surface area (Å²) in [4.78, 5) is 25.8. The molecule has 1 atom stereocenters. The van der Waals surface area contributed by atoms with Gasteiger partial charge in [0, 0.05) is 23.1 Å². The summed E-state index contributed by atoms with van der Waals surface area (Å²) < 4.78 is 0. The number of carbonyl (C=O) groups excluding carboxylic acids is 2.